The second-order valence-corrected chi connectivity index (χ2v) is 4.52. The molecule has 1 aromatic heterocycles. The number of amides is 1. The first-order valence-electron chi connectivity index (χ1n) is 5.09. The van der Waals surface area contributed by atoms with E-state index in [9.17, 15) is 9.59 Å². The van der Waals surface area contributed by atoms with E-state index in [1.165, 1.54) is 13.0 Å². The fourth-order valence-corrected chi connectivity index (χ4v) is 2.23. The highest BCUT2D eigenvalue weighted by Crippen LogP contribution is 2.32. The number of rotatable bonds is 2. The molecule has 2 aromatic rings. The number of halogens is 1. The SMILES string of the molecule is CC(=O)Nc1c(C(=O)O)cc(Br)c2ncccc12. The van der Waals surface area contributed by atoms with Crippen LogP contribution in [0.2, 0.25) is 0 Å². The summed E-state index contributed by atoms with van der Waals surface area (Å²) in [6.45, 7) is 1.33. The Bertz CT molecular complexity index is 655. The Labute approximate surface area is 111 Å². The van der Waals surface area contributed by atoms with Crippen LogP contribution in [0.4, 0.5) is 5.69 Å². The first kappa shape index (κ1) is 12.5. The predicted octanol–water partition coefficient (Wildman–Crippen LogP) is 2.65. The van der Waals surface area contributed by atoms with Crippen LogP contribution < -0.4 is 5.32 Å². The van der Waals surface area contributed by atoms with Gasteiger partial charge in [-0.3, -0.25) is 9.78 Å². The third-order valence-electron chi connectivity index (χ3n) is 2.38. The number of hydrogen-bond donors (Lipinski definition) is 2. The first-order valence-corrected chi connectivity index (χ1v) is 5.88. The molecule has 92 valence electrons. The maximum Gasteiger partial charge on any atom is 0.337 e. The number of carboxylic acid groups (broad SMARTS) is 1. The number of nitrogens with zero attached hydrogens (tertiary/aromatic N) is 1. The van der Waals surface area contributed by atoms with Crippen LogP contribution >= 0.6 is 15.9 Å². The van der Waals surface area contributed by atoms with E-state index in [0.29, 0.717) is 15.4 Å². The van der Waals surface area contributed by atoms with Gasteiger partial charge >= 0.3 is 5.97 Å². The minimum atomic E-state index is -1.11. The molecule has 0 aliphatic carbocycles. The molecule has 5 nitrogen and oxygen atoms in total. The Balaban J connectivity index is 2.83. The lowest BCUT2D eigenvalue weighted by atomic mass is 10.1. The second kappa shape index (κ2) is 4.73. The molecule has 2 N–H and O–H groups in total. The van der Waals surface area contributed by atoms with Gasteiger partial charge in [-0.05, 0) is 34.1 Å². The van der Waals surface area contributed by atoms with E-state index in [1.807, 2.05) is 0 Å². The van der Waals surface area contributed by atoms with Gasteiger partial charge in [0.2, 0.25) is 5.91 Å². The number of fused-ring (bicyclic) bond motifs is 1. The van der Waals surface area contributed by atoms with E-state index in [4.69, 9.17) is 5.11 Å². The summed E-state index contributed by atoms with van der Waals surface area (Å²) in [5.41, 5.74) is 0.894. The highest BCUT2D eigenvalue weighted by atomic mass is 79.9. The Morgan fingerprint density at radius 1 is 1.44 bits per heavy atom. The summed E-state index contributed by atoms with van der Waals surface area (Å²) in [6.07, 6.45) is 1.60. The van der Waals surface area contributed by atoms with Gasteiger partial charge in [-0.25, -0.2) is 4.79 Å². The number of anilines is 1. The van der Waals surface area contributed by atoms with Crippen LogP contribution in [-0.4, -0.2) is 22.0 Å². The summed E-state index contributed by atoms with van der Waals surface area (Å²) in [5.74, 6) is -1.44. The minimum absolute atomic E-state index is 0.0255. The molecule has 0 fully saturated rings. The number of carbonyl (C=O) groups excluding carboxylic acids is 1. The number of carbonyl (C=O) groups is 2. The average molecular weight is 309 g/mol. The van der Waals surface area contributed by atoms with E-state index in [0.717, 1.165) is 0 Å². The Kier molecular flexibility index (Phi) is 3.29. The molecule has 0 aliphatic heterocycles. The van der Waals surface area contributed by atoms with E-state index >= 15 is 0 Å². The standard InChI is InChI=1S/C12H9BrN2O3/c1-6(16)15-10-7-3-2-4-14-11(7)9(13)5-8(10)12(17)18/h2-5H,1H3,(H,15,16)(H,17,18). The Morgan fingerprint density at radius 3 is 2.78 bits per heavy atom. The maximum absolute atomic E-state index is 11.2. The van der Waals surface area contributed by atoms with Crippen molar-refractivity contribution in [3.8, 4) is 0 Å². The van der Waals surface area contributed by atoms with Crippen molar-refractivity contribution in [1.29, 1.82) is 0 Å². The van der Waals surface area contributed by atoms with Crippen molar-refractivity contribution >= 4 is 44.4 Å². The van der Waals surface area contributed by atoms with E-state index in [-0.39, 0.29) is 17.2 Å². The van der Waals surface area contributed by atoms with Crippen LogP contribution in [0.3, 0.4) is 0 Å². The molecule has 18 heavy (non-hydrogen) atoms. The highest BCUT2D eigenvalue weighted by Gasteiger charge is 2.17. The smallest absolute Gasteiger partial charge is 0.337 e. The Hall–Kier alpha value is -1.95. The Morgan fingerprint density at radius 2 is 2.17 bits per heavy atom. The number of nitrogens with one attached hydrogen (secondary N) is 1. The van der Waals surface area contributed by atoms with Crippen LogP contribution in [0.5, 0.6) is 0 Å². The van der Waals surface area contributed by atoms with Gasteiger partial charge in [0.25, 0.3) is 0 Å². The molecular formula is C12H9BrN2O3. The normalized spacial score (nSPS) is 10.3. The molecule has 1 heterocycles. The molecule has 0 spiro atoms. The number of carboxylic acids is 1. The largest absolute Gasteiger partial charge is 0.478 e. The van der Waals surface area contributed by atoms with Crippen molar-refractivity contribution < 1.29 is 14.7 Å². The molecule has 0 saturated heterocycles. The van der Waals surface area contributed by atoms with Gasteiger partial charge in [0.05, 0.1) is 16.8 Å². The lowest BCUT2D eigenvalue weighted by molar-refractivity contribution is -0.114. The van der Waals surface area contributed by atoms with Crippen molar-refractivity contribution in [2.75, 3.05) is 5.32 Å². The fourth-order valence-electron chi connectivity index (χ4n) is 1.69. The summed E-state index contributed by atoms with van der Waals surface area (Å²) in [7, 11) is 0. The molecular weight excluding hydrogens is 300 g/mol. The van der Waals surface area contributed by atoms with Gasteiger partial charge in [-0.1, -0.05) is 0 Å². The van der Waals surface area contributed by atoms with Gasteiger partial charge in [0, 0.05) is 23.0 Å². The molecule has 0 bridgehead atoms. The summed E-state index contributed by atoms with van der Waals surface area (Å²) in [6, 6.07) is 4.83. The zero-order chi connectivity index (χ0) is 13.3. The molecule has 0 unspecified atom stereocenters. The summed E-state index contributed by atoms with van der Waals surface area (Å²) in [4.78, 5) is 26.5. The lowest BCUT2D eigenvalue weighted by Gasteiger charge is -2.11. The van der Waals surface area contributed by atoms with Gasteiger partial charge in [-0.15, -0.1) is 0 Å². The van der Waals surface area contributed by atoms with Crippen LogP contribution in [0.1, 0.15) is 17.3 Å². The molecule has 0 saturated carbocycles. The maximum atomic E-state index is 11.2. The third kappa shape index (κ3) is 2.19. The summed E-state index contributed by atoms with van der Waals surface area (Å²) >= 11 is 3.28. The number of hydrogen-bond acceptors (Lipinski definition) is 3. The van der Waals surface area contributed by atoms with E-state index < -0.39 is 5.97 Å². The number of aromatic nitrogens is 1. The number of pyridine rings is 1. The van der Waals surface area contributed by atoms with Gasteiger partial charge in [0.15, 0.2) is 0 Å². The van der Waals surface area contributed by atoms with E-state index in [2.05, 4.69) is 26.2 Å². The number of aromatic carboxylic acids is 1. The minimum Gasteiger partial charge on any atom is -0.478 e. The molecule has 6 heteroatoms. The lowest BCUT2D eigenvalue weighted by Crippen LogP contribution is -2.11. The molecule has 1 aromatic carbocycles. The number of benzene rings is 1. The molecule has 1 amide bonds. The molecule has 0 atom stereocenters. The van der Waals surface area contributed by atoms with Crippen molar-refractivity contribution in [3.05, 3.63) is 34.4 Å². The zero-order valence-electron chi connectivity index (χ0n) is 9.40. The highest BCUT2D eigenvalue weighted by molar-refractivity contribution is 9.10. The fraction of sp³-hybridized carbons (Fsp3) is 0.0833. The zero-order valence-corrected chi connectivity index (χ0v) is 11.0. The van der Waals surface area contributed by atoms with Gasteiger partial charge in [-0.2, -0.15) is 0 Å². The predicted molar refractivity (Wildman–Crippen MR) is 70.7 cm³/mol. The van der Waals surface area contributed by atoms with Crippen LogP contribution in [-0.2, 0) is 4.79 Å². The van der Waals surface area contributed by atoms with Crippen LogP contribution in [0.25, 0.3) is 10.9 Å². The topological polar surface area (TPSA) is 79.3 Å². The van der Waals surface area contributed by atoms with Gasteiger partial charge in [0.1, 0.15) is 0 Å². The average Bonchev–Trinajstić information content (AvgIpc) is 2.32. The van der Waals surface area contributed by atoms with Crippen molar-refractivity contribution in [2.24, 2.45) is 0 Å². The first-order chi connectivity index (χ1) is 8.50. The molecule has 0 radical (unpaired) electrons. The summed E-state index contributed by atoms with van der Waals surface area (Å²) < 4.78 is 0.574. The molecule has 0 aliphatic rings. The van der Waals surface area contributed by atoms with Crippen molar-refractivity contribution in [1.82, 2.24) is 4.98 Å². The third-order valence-corrected chi connectivity index (χ3v) is 2.98. The van der Waals surface area contributed by atoms with Crippen molar-refractivity contribution in [2.45, 2.75) is 6.92 Å². The quantitative estimate of drug-likeness (QED) is 0.894. The van der Waals surface area contributed by atoms with Crippen molar-refractivity contribution in [3.63, 3.8) is 0 Å². The van der Waals surface area contributed by atoms with E-state index in [1.54, 1.807) is 18.3 Å². The van der Waals surface area contributed by atoms with Gasteiger partial charge < -0.3 is 10.4 Å². The summed E-state index contributed by atoms with van der Waals surface area (Å²) in [5, 5.41) is 12.3. The van der Waals surface area contributed by atoms with Crippen LogP contribution in [0, 0.1) is 0 Å². The second-order valence-electron chi connectivity index (χ2n) is 3.67. The van der Waals surface area contributed by atoms with Crippen LogP contribution in [0.15, 0.2) is 28.9 Å². The molecule has 2 rings (SSSR count). The monoisotopic (exact) mass is 308 g/mol.